The van der Waals surface area contributed by atoms with Gasteiger partial charge in [0.15, 0.2) is 5.41 Å². The predicted octanol–water partition coefficient (Wildman–Crippen LogP) is 3.65. The van der Waals surface area contributed by atoms with Crippen LogP contribution in [-0.4, -0.2) is 37.9 Å². The van der Waals surface area contributed by atoms with Crippen LogP contribution in [0.4, 0.5) is 0 Å². The lowest BCUT2D eigenvalue weighted by Gasteiger charge is -2.44. The average molecular weight is 485 g/mol. The summed E-state index contributed by atoms with van der Waals surface area (Å²) in [5.41, 5.74) is -1.45. The zero-order valence-electron chi connectivity index (χ0n) is 19.9. The fourth-order valence-corrected chi connectivity index (χ4v) is 4.72. The van der Waals surface area contributed by atoms with Gasteiger partial charge in [0.05, 0.1) is 56.1 Å². The number of benzene rings is 2. The molecule has 0 heterocycles. The largest absolute Gasteiger partial charge is 0.511 e. The Morgan fingerprint density at radius 1 is 0.944 bits per heavy atom. The fraction of sp³-hybridized carbons (Fsp3) is 0.296. The van der Waals surface area contributed by atoms with Crippen LogP contribution < -0.4 is 4.74 Å². The lowest BCUT2D eigenvalue weighted by atomic mass is 9.54. The van der Waals surface area contributed by atoms with Crippen LogP contribution in [0.25, 0.3) is 0 Å². The van der Waals surface area contributed by atoms with E-state index in [1.165, 1.54) is 24.3 Å². The third kappa shape index (κ3) is 4.21. The smallest absolute Gasteiger partial charge is 0.337 e. The summed E-state index contributed by atoms with van der Waals surface area (Å²) >= 11 is 0. The molecule has 182 valence electrons. The Bertz CT molecular complexity index is 1300. The van der Waals surface area contributed by atoms with Gasteiger partial charge in [0.25, 0.3) is 0 Å². The highest BCUT2D eigenvalue weighted by Crippen LogP contribution is 2.59. The van der Waals surface area contributed by atoms with Gasteiger partial charge in [-0.2, -0.15) is 15.8 Å². The molecule has 0 aromatic heterocycles. The highest BCUT2D eigenvalue weighted by atomic mass is 16.5. The normalized spacial score (nSPS) is 20.3. The summed E-state index contributed by atoms with van der Waals surface area (Å²) in [6.07, 6.45) is 0. The molecule has 2 aromatic rings. The van der Waals surface area contributed by atoms with Crippen LogP contribution in [0.2, 0.25) is 0 Å². The third-order valence-electron chi connectivity index (χ3n) is 6.29. The molecule has 0 amide bonds. The zero-order chi connectivity index (χ0) is 26.5. The monoisotopic (exact) mass is 485 g/mol. The molecule has 1 N–H and O–H groups in total. The first-order chi connectivity index (χ1) is 17.3. The van der Waals surface area contributed by atoms with Crippen molar-refractivity contribution in [3.63, 3.8) is 0 Å². The van der Waals surface area contributed by atoms with E-state index in [9.17, 15) is 30.5 Å². The van der Waals surface area contributed by atoms with Crippen LogP contribution in [0, 0.1) is 45.3 Å². The standard InChI is InChI=1S/C27H23N3O6/c1-4-36-19-11-9-18(10-12-19)23-21(26(33)35-3)24(31)20(25(32)34-2)22(27(23,14-29)15-30)17-7-5-16(13-28)6-8-17/h5-12,21-23,31H,4H2,1-3H3/t21-,22-,23-/m1/s1. The molecule has 36 heavy (non-hydrogen) atoms. The van der Waals surface area contributed by atoms with Crippen molar-refractivity contribution in [2.24, 2.45) is 11.3 Å². The van der Waals surface area contributed by atoms with E-state index in [0.717, 1.165) is 14.2 Å². The Morgan fingerprint density at radius 2 is 1.53 bits per heavy atom. The van der Waals surface area contributed by atoms with E-state index in [4.69, 9.17) is 14.2 Å². The summed E-state index contributed by atoms with van der Waals surface area (Å²) in [6.45, 7) is 2.23. The number of esters is 2. The zero-order valence-corrected chi connectivity index (χ0v) is 19.9. The molecule has 1 aliphatic rings. The molecular formula is C27H23N3O6. The second-order valence-corrected chi connectivity index (χ2v) is 8.03. The minimum Gasteiger partial charge on any atom is -0.511 e. The molecule has 0 saturated carbocycles. The number of methoxy groups -OCH3 is 2. The van der Waals surface area contributed by atoms with Gasteiger partial charge in [-0.1, -0.05) is 24.3 Å². The fourth-order valence-electron chi connectivity index (χ4n) is 4.72. The maximum absolute atomic E-state index is 13.0. The Kier molecular flexibility index (Phi) is 7.62. The summed E-state index contributed by atoms with van der Waals surface area (Å²) in [5, 5.41) is 41.6. The van der Waals surface area contributed by atoms with Gasteiger partial charge in [0.2, 0.25) is 0 Å². The van der Waals surface area contributed by atoms with Crippen molar-refractivity contribution >= 4 is 11.9 Å². The molecule has 0 saturated heterocycles. The number of nitriles is 3. The number of nitrogens with zero attached hydrogens (tertiary/aromatic N) is 3. The number of hydrogen-bond acceptors (Lipinski definition) is 9. The van der Waals surface area contributed by atoms with E-state index in [2.05, 4.69) is 12.1 Å². The first-order valence-corrected chi connectivity index (χ1v) is 11.0. The van der Waals surface area contributed by atoms with E-state index in [1.807, 2.05) is 13.0 Å². The van der Waals surface area contributed by atoms with E-state index in [1.54, 1.807) is 24.3 Å². The summed E-state index contributed by atoms with van der Waals surface area (Å²) in [4.78, 5) is 25.9. The molecule has 0 aliphatic heterocycles. The van der Waals surface area contributed by atoms with Crippen LogP contribution in [0.15, 0.2) is 59.9 Å². The molecule has 0 spiro atoms. The highest BCUT2D eigenvalue weighted by molar-refractivity contribution is 5.94. The van der Waals surface area contributed by atoms with Gasteiger partial charge in [0.1, 0.15) is 17.4 Å². The lowest BCUT2D eigenvalue weighted by molar-refractivity contribution is -0.147. The molecule has 0 radical (unpaired) electrons. The van der Waals surface area contributed by atoms with Gasteiger partial charge in [-0.15, -0.1) is 0 Å². The molecule has 1 aliphatic carbocycles. The minimum absolute atomic E-state index is 0.309. The van der Waals surface area contributed by atoms with E-state index in [0.29, 0.717) is 29.0 Å². The van der Waals surface area contributed by atoms with Crippen molar-refractivity contribution < 1.29 is 28.9 Å². The molecule has 2 aromatic carbocycles. The van der Waals surface area contributed by atoms with Gasteiger partial charge in [-0.05, 0) is 42.3 Å². The number of ether oxygens (including phenoxy) is 3. The maximum Gasteiger partial charge on any atom is 0.337 e. The average Bonchev–Trinajstić information content (AvgIpc) is 2.92. The summed E-state index contributed by atoms with van der Waals surface area (Å²) in [7, 11) is 2.19. The van der Waals surface area contributed by atoms with Crippen molar-refractivity contribution in [3.8, 4) is 24.0 Å². The summed E-state index contributed by atoms with van der Waals surface area (Å²) in [6, 6.07) is 18.5. The number of rotatable bonds is 6. The predicted molar refractivity (Wildman–Crippen MR) is 125 cm³/mol. The van der Waals surface area contributed by atoms with E-state index in [-0.39, 0.29) is 0 Å². The second kappa shape index (κ2) is 10.6. The second-order valence-electron chi connectivity index (χ2n) is 8.03. The van der Waals surface area contributed by atoms with E-state index >= 15 is 0 Å². The minimum atomic E-state index is -2.06. The Morgan fingerprint density at radius 3 is 2.00 bits per heavy atom. The van der Waals surface area contributed by atoms with Gasteiger partial charge in [-0.3, -0.25) is 4.79 Å². The maximum atomic E-state index is 13.0. The summed E-state index contributed by atoms with van der Waals surface area (Å²) in [5.74, 6) is -6.14. The van der Waals surface area contributed by atoms with Crippen molar-refractivity contribution in [3.05, 3.63) is 76.6 Å². The molecule has 3 atom stereocenters. The molecule has 9 heteroatoms. The summed E-state index contributed by atoms with van der Waals surface area (Å²) < 4.78 is 15.3. The molecule has 0 unspecified atom stereocenters. The van der Waals surface area contributed by atoms with Crippen LogP contribution in [0.3, 0.4) is 0 Å². The van der Waals surface area contributed by atoms with Crippen molar-refractivity contribution in [2.75, 3.05) is 20.8 Å². The van der Waals surface area contributed by atoms with Crippen LogP contribution in [-0.2, 0) is 19.1 Å². The molecular weight excluding hydrogens is 462 g/mol. The molecule has 3 rings (SSSR count). The van der Waals surface area contributed by atoms with Crippen molar-refractivity contribution in [1.29, 1.82) is 15.8 Å². The van der Waals surface area contributed by atoms with Crippen LogP contribution in [0.1, 0.15) is 35.4 Å². The number of carbonyl (C=O) groups excluding carboxylic acids is 2. The van der Waals surface area contributed by atoms with Gasteiger partial charge in [0, 0.05) is 5.92 Å². The highest BCUT2D eigenvalue weighted by Gasteiger charge is 2.61. The molecule has 9 nitrogen and oxygen atoms in total. The number of aliphatic hydroxyl groups is 1. The first-order valence-electron chi connectivity index (χ1n) is 11.0. The van der Waals surface area contributed by atoms with Gasteiger partial charge in [-0.25, -0.2) is 4.79 Å². The quantitative estimate of drug-likeness (QED) is 0.604. The molecule has 0 fully saturated rings. The van der Waals surface area contributed by atoms with E-state index < -0.39 is 46.4 Å². The number of carbonyl (C=O) groups is 2. The third-order valence-corrected chi connectivity index (χ3v) is 6.29. The van der Waals surface area contributed by atoms with Crippen LogP contribution in [0.5, 0.6) is 5.75 Å². The Balaban J connectivity index is 2.42. The first kappa shape index (κ1) is 25.8. The van der Waals surface area contributed by atoms with Crippen molar-refractivity contribution in [2.45, 2.75) is 18.8 Å². The van der Waals surface area contributed by atoms with Gasteiger partial charge >= 0.3 is 11.9 Å². The molecule has 0 bridgehead atoms. The topological polar surface area (TPSA) is 153 Å². The Hall–Kier alpha value is -4.81. The number of hydrogen-bond donors (Lipinski definition) is 1. The van der Waals surface area contributed by atoms with Crippen LogP contribution >= 0.6 is 0 Å². The number of aliphatic hydroxyl groups excluding tert-OH is 1. The van der Waals surface area contributed by atoms with Crippen molar-refractivity contribution in [1.82, 2.24) is 0 Å². The SMILES string of the molecule is CCOc1ccc([C@@H]2[C@@H](C(=O)OC)C(O)=C(C(=O)OC)[C@@H](c3ccc(C#N)cc3)C2(C#N)C#N)cc1. The Labute approximate surface area is 208 Å². The lowest BCUT2D eigenvalue weighted by Crippen LogP contribution is -2.47. The van der Waals surface area contributed by atoms with Gasteiger partial charge < -0.3 is 19.3 Å².